The van der Waals surface area contributed by atoms with Crippen molar-refractivity contribution < 1.29 is 9.53 Å². The second kappa shape index (κ2) is 8.39. The summed E-state index contributed by atoms with van der Waals surface area (Å²) in [6.45, 7) is 8.81. The lowest BCUT2D eigenvalue weighted by Gasteiger charge is -2.29. The van der Waals surface area contributed by atoms with E-state index >= 15 is 0 Å². The van der Waals surface area contributed by atoms with Gasteiger partial charge in [-0.3, -0.25) is 14.6 Å². The maximum Gasteiger partial charge on any atom is 0.260 e. The first-order valence-electron chi connectivity index (χ1n) is 9.66. The number of carbonyl (C=O) groups is 1. The van der Waals surface area contributed by atoms with Crippen molar-refractivity contribution in [1.82, 2.24) is 9.88 Å². The number of morpholine rings is 1. The molecule has 0 unspecified atom stereocenters. The molecule has 0 spiro atoms. The lowest BCUT2D eigenvalue weighted by atomic mass is 10.0. The van der Waals surface area contributed by atoms with Gasteiger partial charge in [0, 0.05) is 31.7 Å². The van der Waals surface area contributed by atoms with Crippen LogP contribution in [0.3, 0.4) is 0 Å². The zero-order valence-electron chi connectivity index (χ0n) is 16.4. The molecule has 146 valence electrons. The first-order valence-corrected chi connectivity index (χ1v) is 10.5. The van der Waals surface area contributed by atoms with E-state index in [-0.39, 0.29) is 5.91 Å². The molecule has 1 amide bonds. The number of anilines is 1. The minimum Gasteiger partial charge on any atom is -0.379 e. The van der Waals surface area contributed by atoms with Crippen molar-refractivity contribution in [3.05, 3.63) is 59.2 Å². The third-order valence-electron chi connectivity index (χ3n) is 5.11. The molecule has 0 bridgehead atoms. The molecule has 2 aromatic carbocycles. The Morgan fingerprint density at radius 1 is 1.18 bits per heavy atom. The summed E-state index contributed by atoms with van der Waals surface area (Å²) >= 11 is 1.57. The number of aromatic nitrogens is 1. The zero-order chi connectivity index (χ0) is 19.5. The van der Waals surface area contributed by atoms with Crippen molar-refractivity contribution in [3.8, 4) is 0 Å². The SMILES string of the molecule is Cc1ccc(C(=O)N(CCN2CCOCC2)c2nc3ccccc3s2)c(C)c1. The highest BCUT2D eigenvalue weighted by Crippen LogP contribution is 2.30. The maximum atomic E-state index is 13.5. The van der Waals surface area contributed by atoms with Gasteiger partial charge in [0.05, 0.1) is 23.4 Å². The summed E-state index contributed by atoms with van der Waals surface area (Å²) in [4.78, 5) is 22.4. The number of carbonyl (C=O) groups excluding carboxylic acids is 1. The Morgan fingerprint density at radius 2 is 1.96 bits per heavy atom. The molecular weight excluding hydrogens is 370 g/mol. The van der Waals surface area contributed by atoms with Gasteiger partial charge in [0.2, 0.25) is 0 Å². The van der Waals surface area contributed by atoms with Crippen LogP contribution in [0, 0.1) is 13.8 Å². The molecule has 5 nitrogen and oxygen atoms in total. The average molecular weight is 396 g/mol. The molecule has 4 rings (SSSR count). The smallest absolute Gasteiger partial charge is 0.260 e. The number of aryl methyl sites for hydroxylation is 2. The molecule has 1 aliphatic rings. The van der Waals surface area contributed by atoms with Gasteiger partial charge < -0.3 is 4.74 Å². The standard InChI is InChI=1S/C22H25N3O2S/c1-16-7-8-18(17(2)15-16)21(26)25(10-9-24-11-13-27-14-12-24)22-23-19-5-3-4-6-20(19)28-22/h3-8,15H,9-14H2,1-2H3. The van der Waals surface area contributed by atoms with Crippen LogP contribution in [-0.2, 0) is 4.74 Å². The van der Waals surface area contributed by atoms with E-state index in [0.29, 0.717) is 6.54 Å². The van der Waals surface area contributed by atoms with Gasteiger partial charge in [0.1, 0.15) is 0 Å². The number of hydrogen-bond donors (Lipinski definition) is 0. The minimum absolute atomic E-state index is 0.0183. The number of para-hydroxylation sites is 1. The molecule has 0 saturated carbocycles. The number of nitrogens with zero attached hydrogens (tertiary/aromatic N) is 3. The van der Waals surface area contributed by atoms with Crippen molar-refractivity contribution in [2.75, 3.05) is 44.3 Å². The number of rotatable bonds is 5. The Bertz CT molecular complexity index is 946. The highest BCUT2D eigenvalue weighted by molar-refractivity contribution is 7.22. The van der Waals surface area contributed by atoms with E-state index < -0.39 is 0 Å². The molecule has 2 heterocycles. The quantitative estimate of drug-likeness (QED) is 0.657. The Kier molecular flexibility index (Phi) is 5.71. The maximum absolute atomic E-state index is 13.5. The average Bonchev–Trinajstić information content (AvgIpc) is 3.12. The Morgan fingerprint density at radius 3 is 2.71 bits per heavy atom. The summed E-state index contributed by atoms with van der Waals surface area (Å²) < 4.78 is 6.54. The molecule has 0 radical (unpaired) electrons. The first-order chi connectivity index (χ1) is 13.6. The van der Waals surface area contributed by atoms with Crippen LogP contribution < -0.4 is 4.90 Å². The van der Waals surface area contributed by atoms with E-state index in [2.05, 4.69) is 17.0 Å². The number of ether oxygens (including phenoxy) is 1. The summed E-state index contributed by atoms with van der Waals surface area (Å²) in [6, 6.07) is 14.0. The Hall–Kier alpha value is -2.28. The van der Waals surface area contributed by atoms with Gasteiger partial charge in [-0.2, -0.15) is 0 Å². The number of thiazole rings is 1. The number of fused-ring (bicyclic) bond motifs is 1. The second-order valence-corrected chi connectivity index (χ2v) is 8.20. The molecule has 0 aliphatic carbocycles. The summed E-state index contributed by atoms with van der Waals surface area (Å²) in [7, 11) is 0. The van der Waals surface area contributed by atoms with Crippen LogP contribution in [0.1, 0.15) is 21.5 Å². The van der Waals surface area contributed by atoms with E-state index in [1.165, 1.54) is 0 Å². The lowest BCUT2D eigenvalue weighted by molar-refractivity contribution is 0.0391. The van der Waals surface area contributed by atoms with Crippen LogP contribution in [-0.4, -0.2) is 55.2 Å². The van der Waals surface area contributed by atoms with E-state index in [4.69, 9.17) is 9.72 Å². The highest BCUT2D eigenvalue weighted by Gasteiger charge is 2.23. The molecule has 0 N–H and O–H groups in total. The van der Waals surface area contributed by atoms with Crippen molar-refractivity contribution in [3.63, 3.8) is 0 Å². The van der Waals surface area contributed by atoms with Gasteiger partial charge in [-0.05, 0) is 37.6 Å². The van der Waals surface area contributed by atoms with Crippen LogP contribution in [0.5, 0.6) is 0 Å². The summed E-state index contributed by atoms with van der Waals surface area (Å²) in [5.41, 5.74) is 3.84. The van der Waals surface area contributed by atoms with Crippen LogP contribution >= 0.6 is 11.3 Å². The van der Waals surface area contributed by atoms with Crippen LogP contribution in [0.2, 0.25) is 0 Å². The molecule has 28 heavy (non-hydrogen) atoms. The normalized spacial score (nSPS) is 15.1. The summed E-state index contributed by atoms with van der Waals surface area (Å²) in [5.74, 6) is 0.0183. The van der Waals surface area contributed by atoms with Gasteiger partial charge in [0.25, 0.3) is 5.91 Å². The molecule has 1 fully saturated rings. The third kappa shape index (κ3) is 4.09. The highest BCUT2D eigenvalue weighted by atomic mass is 32.1. The molecule has 6 heteroatoms. The van der Waals surface area contributed by atoms with E-state index in [9.17, 15) is 4.79 Å². The summed E-state index contributed by atoms with van der Waals surface area (Å²) in [5, 5.41) is 0.763. The van der Waals surface area contributed by atoms with Crippen molar-refractivity contribution >= 4 is 32.6 Å². The van der Waals surface area contributed by atoms with Crippen molar-refractivity contribution in [2.45, 2.75) is 13.8 Å². The number of amides is 1. The van der Waals surface area contributed by atoms with Crippen molar-refractivity contribution in [1.29, 1.82) is 0 Å². The Balaban J connectivity index is 1.64. The lowest BCUT2D eigenvalue weighted by Crippen LogP contribution is -2.43. The van der Waals surface area contributed by atoms with Gasteiger partial charge >= 0.3 is 0 Å². The van der Waals surface area contributed by atoms with Gasteiger partial charge in [0.15, 0.2) is 5.13 Å². The molecule has 3 aromatic rings. The van der Waals surface area contributed by atoms with Crippen LogP contribution in [0.25, 0.3) is 10.2 Å². The zero-order valence-corrected chi connectivity index (χ0v) is 17.2. The van der Waals surface area contributed by atoms with Crippen molar-refractivity contribution in [2.24, 2.45) is 0 Å². The largest absolute Gasteiger partial charge is 0.379 e. The van der Waals surface area contributed by atoms with Crippen LogP contribution in [0.15, 0.2) is 42.5 Å². The third-order valence-corrected chi connectivity index (χ3v) is 6.17. The predicted octanol–water partition coefficient (Wildman–Crippen LogP) is 3.89. The van der Waals surface area contributed by atoms with Crippen LogP contribution in [0.4, 0.5) is 5.13 Å². The summed E-state index contributed by atoms with van der Waals surface area (Å²) in [6.07, 6.45) is 0. The number of hydrogen-bond acceptors (Lipinski definition) is 5. The molecule has 0 atom stereocenters. The van der Waals surface area contributed by atoms with Gasteiger partial charge in [-0.25, -0.2) is 4.98 Å². The molecular formula is C22H25N3O2S. The fraction of sp³-hybridized carbons (Fsp3) is 0.364. The minimum atomic E-state index is 0.0183. The predicted molar refractivity (Wildman–Crippen MR) is 114 cm³/mol. The van der Waals surface area contributed by atoms with Gasteiger partial charge in [-0.1, -0.05) is 41.2 Å². The fourth-order valence-electron chi connectivity index (χ4n) is 3.52. The first kappa shape index (κ1) is 19.1. The second-order valence-electron chi connectivity index (χ2n) is 7.19. The monoisotopic (exact) mass is 395 g/mol. The Labute approximate surface area is 169 Å². The molecule has 1 aromatic heterocycles. The fourth-order valence-corrected chi connectivity index (χ4v) is 4.51. The van der Waals surface area contributed by atoms with E-state index in [1.807, 2.05) is 49.1 Å². The topological polar surface area (TPSA) is 45.7 Å². The van der Waals surface area contributed by atoms with E-state index in [0.717, 1.165) is 64.9 Å². The molecule has 1 saturated heterocycles. The van der Waals surface area contributed by atoms with Gasteiger partial charge in [-0.15, -0.1) is 0 Å². The molecule has 1 aliphatic heterocycles. The number of benzene rings is 2. The van der Waals surface area contributed by atoms with E-state index in [1.54, 1.807) is 11.3 Å².